The molecule has 0 heterocycles. The summed E-state index contributed by atoms with van der Waals surface area (Å²) in [6.07, 6.45) is 9.77. The Balaban J connectivity index is 1.41. The molecule has 2 rings (SSSR count). The van der Waals surface area contributed by atoms with E-state index < -0.39 is 11.6 Å². The fourth-order valence-electron chi connectivity index (χ4n) is 3.65. The third-order valence-electron chi connectivity index (χ3n) is 6.02. The molecule has 0 aliphatic heterocycles. The Labute approximate surface area is 205 Å². The van der Waals surface area contributed by atoms with Crippen LogP contribution in [0.25, 0.3) is 10.8 Å². The molecule has 0 bridgehead atoms. The Kier molecular flexibility index (Phi) is 12.7. The molecule has 0 fully saturated rings. The van der Waals surface area contributed by atoms with Gasteiger partial charge in [0.1, 0.15) is 18.0 Å². The summed E-state index contributed by atoms with van der Waals surface area (Å²) in [5, 5.41) is 12.9. The summed E-state index contributed by atoms with van der Waals surface area (Å²) in [6.45, 7) is 8.48. The van der Waals surface area contributed by atoms with Gasteiger partial charge in [0.05, 0.1) is 13.2 Å². The van der Waals surface area contributed by atoms with E-state index in [1.807, 2.05) is 13.0 Å². The first-order chi connectivity index (χ1) is 16.4. The SMILES string of the molecule is C=C(C)C(=O)OCC(O)(CC)COCCCCCCCCCCOc1ccc2ccccc2c1. The predicted molar refractivity (Wildman–Crippen MR) is 138 cm³/mol. The highest BCUT2D eigenvalue weighted by atomic mass is 16.6. The number of unbranched alkanes of at least 4 members (excludes halogenated alkanes) is 7. The van der Waals surface area contributed by atoms with Crippen molar-refractivity contribution in [2.24, 2.45) is 0 Å². The number of hydrogen-bond acceptors (Lipinski definition) is 5. The summed E-state index contributed by atoms with van der Waals surface area (Å²) in [5.74, 6) is 0.468. The van der Waals surface area contributed by atoms with Crippen molar-refractivity contribution in [3.8, 4) is 5.75 Å². The zero-order valence-electron chi connectivity index (χ0n) is 21.0. The normalized spacial score (nSPS) is 12.9. The maximum Gasteiger partial charge on any atom is 0.333 e. The van der Waals surface area contributed by atoms with Crippen LogP contribution in [0.2, 0.25) is 0 Å². The molecule has 34 heavy (non-hydrogen) atoms. The van der Waals surface area contributed by atoms with Crippen molar-refractivity contribution in [2.45, 2.75) is 77.2 Å². The summed E-state index contributed by atoms with van der Waals surface area (Å²) in [7, 11) is 0. The highest BCUT2D eigenvalue weighted by molar-refractivity contribution is 5.87. The van der Waals surface area contributed by atoms with Crippen molar-refractivity contribution in [1.29, 1.82) is 0 Å². The minimum absolute atomic E-state index is 0.0670. The van der Waals surface area contributed by atoms with Gasteiger partial charge in [-0.05, 0) is 49.1 Å². The maximum absolute atomic E-state index is 11.5. The lowest BCUT2D eigenvalue weighted by Crippen LogP contribution is -2.40. The van der Waals surface area contributed by atoms with Crippen molar-refractivity contribution in [1.82, 2.24) is 0 Å². The molecule has 1 N–H and O–H groups in total. The number of esters is 1. The molecule has 5 nitrogen and oxygen atoms in total. The highest BCUT2D eigenvalue weighted by Gasteiger charge is 2.27. The topological polar surface area (TPSA) is 65.0 Å². The van der Waals surface area contributed by atoms with Gasteiger partial charge in [0.15, 0.2) is 0 Å². The summed E-state index contributed by atoms with van der Waals surface area (Å²) in [6, 6.07) is 14.6. The number of aliphatic hydroxyl groups is 1. The molecule has 0 spiro atoms. The van der Waals surface area contributed by atoms with Crippen LogP contribution in [0.15, 0.2) is 54.6 Å². The molecule has 5 heteroatoms. The van der Waals surface area contributed by atoms with E-state index in [9.17, 15) is 9.90 Å². The lowest BCUT2D eigenvalue weighted by Gasteiger charge is -2.26. The third-order valence-corrected chi connectivity index (χ3v) is 6.02. The predicted octanol–water partition coefficient (Wildman–Crippen LogP) is 6.62. The summed E-state index contributed by atoms with van der Waals surface area (Å²) in [4.78, 5) is 11.5. The molecule has 2 aromatic rings. The zero-order valence-corrected chi connectivity index (χ0v) is 21.0. The monoisotopic (exact) mass is 470 g/mol. The van der Waals surface area contributed by atoms with Crippen molar-refractivity contribution < 1.29 is 24.1 Å². The van der Waals surface area contributed by atoms with E-state index >= 15 is 0 Å². The Morgan fingerprint density at radius 2 is 1.50 bits per heavy atom. The van der Waals surface area contributed by atoms with Gasteiger partial charge in [-0.1, -0.05) is 82.4 Å². The van der Waals surface area contributed by atoms with Gasteiger partial charge in [0, 0.05) is 12.2 Å². The van der Waals surface area contributed by atoms with Gasteiger partial charge in [-0.15, -0.1) is 0 Å². The lowest BCUT2D eigenvalue weighted by atomic mass is 10.0. The van der Waals surface area contributed by atoms with E-state index in [-0.39, 0.29) is 13.2 Å². The molecule has 188 valence electrons. The van der Waals surface area contributed by atoms with E-state index in [2.05, 4.69) is 43.0 Å². The van der Waals surface area contributed by atoms with Crippen LogP contribution in [-0.4, -0.2) is 43.1 Å². The summed E-state index contributed by atoms with van der Waals surface area (Å²) < 4.78 is 16.6. The summed E-state index contributed by atoms with van der Waals surface area (Å²) >= 11 is 0. The average Bonchev–Trinajstić information content (AvgIpc) is 2.85. The first kappa shape index (κ1) is 27.9. The van der Waals surface area contributed by atoms with Crippen molar-refractivity contribution >= 4 is 16.7 Å². The van der Waals surface area contributed by atoms with E-state index in [0.29, 0.717) is 18.6 Å². The Morgan fingerprint density at radius 1 is 0.882 bits per heavy atom. The van der Waals surface area contributed by atoms with E-state index in [1.54, 1.807) is 6.92 Å². The Bertz CT molecular complexity index is 878. The second-order valence-electron chi connectivity index (χ2n) is 9.17. The fourth-order valence-corrected chi connectivity index (χ4v) is 3.65. The minimum Gasteiger partial charge on any atom is -0.494 e. The standard InChI is InChI=1S/C29H42O5/c1-4-29(31,23-34-28(30)24(2)3)22-32-19-13-9-7-5-6-8-10-14-20-33-27-18-17-25-15-11-12-16-26(25)21-27/h11-12,15-18,21,31H,2,4-10,13-14,19-20,22-23H2,1,3H3. The molecular weight excluding hydrogens is 428 g/mol. The molecule has 0 saturated heterocycles. The fraction of sp³-hybridized carbons (Fsp3) is 0.552. The Morgan fingerprint density at radius 3 is 2.15 bits per heavy atom. The quantitative estimate of drug-likeness (QED) is 0.151. The van der Waals surface area contributed by atoms with E-state index in [1.165, 1.54) is 42.9 Å². The number of rotatable bonds is 18. The van der Waals surface area contributed by atoms with Crippen LogP contribution in [0, 0.1) is 0 Å². The first-order valence-corrected chi connectivity index (χ1v) is 12.7. The number of fused-ring (bicyclic) bond motifs is 1. The molecule has 0 aromatic heterocycles. The van der Waals surface area contributed by atoms with Crippen molar-refractivity contribution in [3.05, 3.63) is 54.6 Å². The first-order valence-electron chi connectivity index (χ1n) is 12.7. The second kappa shape index (κ2) is 15.5. The highest BCUT2D eigenvalue weighted by Crippen LogP contribution is 2.21. The molecule has 2 aromatic carbocycles. The van der Waals surface area contributed by atoms with E-state index in [4.69, 9.17) is 14.2 Å². The number of carbonyl (C=O) groups excluding carboxylic acids is 1. The number of benzene rings is 2. The van der Waals surface area contributed by atoms with Gasteiger partial charge in [-0.25, -0.2) is 4.79 Å². The van der Waals surface area contributed by atoms with Crippen LogP contribution >= 0.6 is 0 Å². The molecule has 0 amide bonds. The molecular formula is C29H42O5. The van der Waals surface area contributed by atoms with Gasteiger partial charge in [-0.2, -0.15) is 0 Å². The molecule has 0 aliphatic carbocycles. The van der Waals surface area contributed by atoms with Crippen molar-refractivity contribution in [3.63, 3.8) is 0 Å². The average molecular weight is 471 g/mol. The second-order valence-corrected chi connectivity index (χ2v) is 9.17. The lowest BCUT2D eigenvalue weighted by molar-refractivity contribution is -0.151. The van der Waals surface area contributed by atoms with Gasteiger partial charge in [0.25, 0.3) is 0 Å². The third kappa shape index (κ3) is 10.7. The number of hydrogen-bond donors (Lipinski definition) is 1. The smallest absolute Gasteiger partial charge is 0.333 e. The zero-order chi connectivity index (χ0) is 24.7. The minimum atomic E-state index is -1.14. The molecule has 0 saturated carbocycles. The maximum atomic E-state index is 11.5. The molecule has 0 radical (unpaired) electrons. The van der Waals surface area contributed by atoms with Crippen LogP contribution in [0.4, 0.5) is 0 Å². The van der Waals surface area contributed by atoms with Gasteiger partial charge >= 0.3 is 5.97 Å². The van der Waals surface area contributed by atoms with Gasteiger partial charge < -0.3 is 19.3 Å². The van der Waals surface area contributed by atoms with Crippen LogP contribution in [0.3, 0.4) is 0 Å². The van der Waals surface area contributed by atoms with Gasteiger partial charge in [-0.3, -0.25) is 0 Å². The molecule has 1 unspecified atom stereocenters. The molecule has 0 aliphatic rings. The van der Waals surface area contributed by atoms with Crippen LogP contribution in [0.1, 0.15) is 71.6 Å². The Hall–Kier alpha value is -2.37. The largest absolute Gasteiger partial charge is 0.494 e. The van der Waals surface area contributed by atoms with E-state index in [0.717, 1.165) is 31.6 Å². The number of carbonyl (C=O) groups is 1. The van der Waals surface area contributed by atoms with Crippen LogP contribution in [-0.2, 0) is 14.3 Å². The van der Waals surface area contributed by atoms with Crippen molar-refractivity contribution in [2.75, 3.05) is 26.4 Å². The number of ether oxygens (including phenoxy) is 3. The summed E-state index contributed by atoms with van der Waals surface area (Å²) in [5.41, 5.74) is -0.808. The van der Waals surface area contributed by atoms with Gasteiger partial charge in [0.2, 0.25) is 0 Å². The van der Waals surface area contributed by atoms with Crippen LogP contribution < -0.4 is 4.74 Å². The molecule has 1 atom stereocenters. The van der Waals surface area contributed by atoms with Crippen LogP contribution in [0.5, 0.6) is 5.75 Å².